The number of fused-ring (bicyclic) bond motifs is 1. The maximum absolute atomic E-state index is 11.2. The number of nitrogens with two attached hydrogens (primary N) is 1. The second-order valence-corrected chi connectivity index (χ2v) is 4.89. The zero-order chi connectivity index (χ0) is 10.2. The summed E-state index contributed by atoms with van der Waals surface area (Å²) in [4.78, 5) is 11.2. The predicted octanol–water partition coefficient (Wildman–Crippen LogP) is 1.76. The van der Waals surface area contributed by atoms with Crippen LogP contribution in [0.1, 0.15) is 44.9 Å². The maximum Gasteiger partial charge on any atom is 0.323 e. The van der Waals surface area contributed by atoms with Crippen molar-refractivity contribution >= 4 is 5.97 Å². The fourth-order valence-electron chi connectivity index (χ4n) is 3.34. The van der Waals surface area contributed by atoms with Gasteiger partial charge in [0.2, 0.25) is 0 Å². The fraction of sp³-hybridized carbons (Fsp3) is 0.909. The molecule has 2 fully saturated rings. The number of hydrogen-bond donors (Lipinski definition) is 2. The first-order valence-corrected chi connectivity index (χ1v) is 5.67. The summed E-state index contributed by atoms with van der Waals surface area (Å²) in [5, 5.41) is 9.21. The standard InChI is InChI=1S/C11H19NO2/c12-11(10(13)14)7-3-5-8-4-1-2-6-9(8)11/h8-9H,1-7,12H2,(H,13,14). The Morgan fingerprint density at radius 3 is 2.57 bits per heavy atom. The fourth-order valence-corrected chi connectivity index (χ4v) is 3.34. The summed E-state index contributed by atoms with van der Waals surface area (Å²) < 4.78 is 0. The van der Waals surface area contributed by atoms with E-state index in [-0.39, 0.29) is 5.92 Å². The van der Waals surface area contributed by atoms with Crippen LogP contribution in [0.4, 0.5) is 0 Å². The van der Waals surface area contributed by atoms with Crippen LogP contribution in [0.3, 0.4) is 0 Å². The Balaban J connectivity index is 2.20. The highest BCUT2D eigenvalue weighted by atomic mass is 16.4. The van der Waals surface area contributed by atoms with Crippen LogP contribution < -0.4 is 5.73 Å². The van der Waals surface area contributed by atoms with Gasteiger partial charge in [0.25, 0.3) is 0 Å². The molecule has 3 nitrogen and oxygen atoms in total. The van der Waals surface area contributed by atoms with Gasteiger partial charge >= 0.3 is 5.97 Å². The van der Waals surface area contributed by atoms with Crippen molar-refractivity contribution in [2.24, 2.45) is 17.6 Å². The van der Waals surface area contributed by atoms with Gasteiger partial charge in [0, 0.05) is 0 Å². The summed E-state index contributed by atoms with van der Waals surface area (Å²) in [5.74, 6) is 0.0372. The summed E-state index contributed by atoms with van der Waals surface area (Å²) in [6.07, 6.45) is 7.49. The number of carboxylic acid groups (broad SMARTS) is 1. The zero-order valence-corrected chi connectivity index (χ0v) is 8.54. The molecule has 0 heterocycles. The minimum absolute atomic E-state index is 0.238. The van der Waals surface area contributed by atoms with Gasteiger partial charge in [-0.2, -0.15) is 0 Å². The topological polar surface area (TPSA) is 63.3 Å². The lowest BCUT2D eigenvalue weighted by atomic mass is 9.62. The van der Waals surface area contributed by atoms with Crippen molar-refractivity contribution in [2.75, 3.05) is 0 Å². The molecule has 3 heteroatoms. The van der Waals surface area contributed by atoms with E-state index in [9.17, 15) is 9.90 Å². The molecule has 80 valence electrons. The van der Waals surface area contributed by atoms with Crippen LogP contribution in [-0.4, -0.2) is 16.6 Å². The van der Waals surface area contributed by atoms with Gasteiger partial charge in [-0.3, -0.25) is 4.79 Å². The Labute approximate surface area is 84.7 Å². The molecular formula is C11H19NO2. The van der Waals surface area contributed by atoms with Crippen LogP contribution in [-0.2, 0) is 4.79 Å². The molecule has 14 heavy (non-hydrogen) atoms. The molecule has 3 N–H and O–H groups in total. The second kappa shape index (κ2) is 3.54. The van der Waals surface area contributed by atoms with Crippen LogP contribution in [0.15, 0.2) is 0 Å². The van der Waals surface area contributed by atoms with E-state index in [1.54, 1.807) is 0 Å². The van der Waals surface area contributed by atoms with Gasteiger partial charge in [-0.1, -0.05) is 32.1 Å². The normalized spacial score (nSPS) is 42.9. The van der Waals surface area contributed by atoms with E-state index in [4.69, 9.17) is 5.73 Å². The van der Waals surface area contributed by atoms with Gasteiger partial charge in [0.1, 0.15) is 5.54 Å². The number of aliphatic carboxylic acids is 1. The molecular weight excluding hydrogens is 178 g/mol. The van der Waals surface area contributed by atoms with E-state index in [0.717, 1.165) is 19.3 Å². The van der Waals surface area contributed by atoms with Gasteiger partial charge in [-0.25, -0.2) is 0 Å². The van der Waals surface area contributed by atoms with E-state index in [1.807, 2.05) is 0 Å². The van der Waals surface area contributed by atoms with Crippen molar-refractivity contribution in [2.45, 2.75) is 50.5 Å². The van der Waals surface area contributed by atoms with E-state index in [0.29, 0.717) is 12.3 Å². The summed E-state index contributed by atoms with van der Waals surface area (Å²) >= 11 is 0. The van der Waals surface area contributed by atoms with Crippen LogP contribution in [0.25, 0.3) is 0 Å². The van der Waals surface area contributed by atoms with Crippen LogP contribution in [0, 0.1) is 11.8 Å². The Kier molecular flexibility index (Phi) is 2.52. The first kappa shape index (κ1) is 9.97. The molecule has 0 spiro atoms. The van der Waals surface area contributed by atoms with E-state index < -0.39 is 11.5 Å². The highest BCUT2D eigenvalue weighted by Crippen LogP contribution is 2.44. The Bertz CT molecular complexity index is 239. The quantitative estimate of drug-likeness (QED) is 0.673. The summed E-state index contributed by atoms with van der Waals surface area (Å²) in [6, 6.07) is 0. The molecule has 0 aromatic carbocycles. The molecule has 0 aromatic rings. The zero-order valence-electron chi connectivity index (χ0n) is 8.54. The lowest BCUT2D eigenvalue weighted by Crippen LogP contribution is -2.58. The molecule has 0 saturated heterocycles. The number of hydrogen-bond acceptors (Lipinski definition) is 2. The Morgan fingerprint density at radius 1 is 1.21 bits per heavy atom. The third-order valence-corrected chi connectivity index (χ3v) is 4.13. The lowest BCUT2D eigenvalue weighted by Gasteiger charge is -2.45. The molecule has 2 aliphatic carbocycles. The average Bonchev–Trinajstić information content (AvgIpc) is 2.18. The van der Waals surface area contributed by atoms with Crippen LogP contribution in [0.2, 0.25) is 0 Å². The summed E-state index contributed by atoms with van der Waals surface area (Å²) in [7, 11) is 0. The maximum atomic E-state index is 11.2. The van der Waals surface area contributed by atoms with Crippen molar-refractivity contribution in [3.8, 4) is 0 Å². The van der Waals surface area contributed by atoms with E-state index >= 15 is 0 Å². The van der Waals surface area contributed by atoms with Crippen LogP contribution >= 0.6 is 0 Å². The van der Waals surface area contributed by atoms with Gasteiger partial charge in [-0.15, -0.1) is 0 Å². The summed E-state index contributed by atoms with van der Waals surface area (Å²) in [5.41, 5.74) is 5.14. The third-order valence-electron chi connectivity index (χ3n) is 4.13. The van der Waals surface area contributed by atoms with Crippen LogP contribution in [0.5, 0.6) is 0 Å². The minimum Gasteiger partial charge on any atom is -0.480 e. The molecule has 2 saturated carbocycles. The van der Waals surface area contributed by atoms with Crippen molar-refractivity contribution < 1.29 is 9.90 Å². The highest BCUT2D eigenvalue weighted by Gasteiger charge is 2.48. The monoisotopic (exact) mass is 197 g/mol. The molecule has 2 aliphatic rings. The first-order valence-electron chi connectivity index (χ1n) is 5.67. The number of carboxylic acids is 1. The predicted molar refractivity (Wildman–Crippen MR) is 53.9 cm³/mol. The van der Waals surface area contributed by atoms with Crippen molar-refractivity contribution in [1.82, 2.24) is 0 Å². The molecule has 2 rings (SSSR count). The molecule has 0 amide bonds. The van der Waals surface area contributed by atoms with Crippen molar-refractivity contribution in [1.29, 1.82) is 0 Å². The van der Waals surface area contributed by atoms with Gasteiger partial charge in [0.15, 0.2) is 0 Å². The highest BCUT2D eigenvalue weighted by molar-refractivity contribution is 5.79. The van der Waals surface area contributed by atoms with E-state index in [2.05, 4.69) is 0 Å². The molecule has 0 aliphatic heterocycles. The Hall–Kier alpha value is -0.570. The van der Waals surface area contributed by atoms with Gasteiger partial charge < -0.3 is 10.8 Å². The molecule has 3 unspecified atom stereocenters. The van der Waals surface area contributed by atoms with Crippen molar-refractivity contribution in [3.63, 3.8) is 0 Å². The molecule has 0 aromatic heterocycles. The minimum atomic E-state index is -0.913. The second-order valence-electron chi connectivity index (χ2n) is 4.89. The average molecular weight is 197 g/mol. The first-order chi connectivity index (χ1) is 6.64. The SMILES string of the molecule is NC1(C(=O)O)CCCC2CCCCC21. The molecule has 0 radical (unpaired) electrons. The third kappa shape index (κ3) is 1.44. The lowest BCUT2D eigenvalue weighted by molar-refractivity contribution is -0.149. The van der Waals surface area contributed by atoms with Crippen molar-refractivity contribution in [3.05, 3.63) is 0 Å². The molecule has 3 atom stereocenters. The number of rotatable bonds is 1. The molecule has 0 bridgehead atoms. The Morgan fingerprint density at radius 2 is 1.86 bits per heavy atom. The smallest absolute Gasteiger partial charge is 0.323 e. The van der Waals surface area contributed by atoms with E-state index in [1.165, 1.54) is 19.3 Å². The van der Waals surface area contributed by atoms with Gasteiger partial charge in [0.05, 0.1) is 0 Å². The number of carbonyl (C=O) groups is 1. The summed E-state index contributed by atoms with van der Waals surface area (Å²) in [6.45, 7) is 0. The van der Waals surface area contributed by atoms with Gasteiger partial charge in [-0.05, 0) is 24.7 Å². The largest absolute Gasteiger partial charge is 0.480 e.